The molecule has 0 spiro atoms. The summed E-state index contributed by atoms with van der Waals surface area (Å²) in [6.45, 7) is 4.42. The average Bonchev–Trinajstić information content (AvgIpc) is 3.10. The van der Waals surface area contributed by atoms with Crippen LogP contribution in [-0.2, 0) is 4.79 Å². The number of hydrogen-bond acceptors (Lipinski definition) is 3. The molecule has 0 radical (unpaired) electrons. The van der Waals surface area contributed by atoms with Gasteiger partial charge in [0.1, 0.15) is 5.54 Å². The number of anilines is 1. The second-order valence-corrected chi connectivity index (χ2v) is 5.82. The molecular weight excluding hydrogens is 240 g/mol. The van der Waals surface area contributed by atoms with Gasteiger partial charge in [0.05, 0.1) is 0 Å². The lowest BCUT2D eigenvalue weighted by Gasteiger charge is -2.31. The van der Waals surface area contributed by atoms with Crippen LogP contribution in [0, 0.1) is 19.8 Å². The number of nitrogens with two attached hydrogens (primary N) is 1. The minimum Gasteiger partial charge on any atom is -0.480 e. The standard InChI is InChI=1S/C15H22N2O2/c1-10-6-11(2)8-13(7-10)17(3)9-15(16,14(18)19)12-4-5-12/h6-8,12H,4-5,9,16H2,1-3H3,(H,18,19). The molecule has 3 N–H and O–H groups in total. The molecule has 1 aliphatic carbocycles. The molecule has 1 unspecified atom stereocenters. The Morgan fingerprint density at radius 1 is 1.37 bits per heavy atom. The topological polar surface area (TPSA) is 66.6 Å². The number of nitrogens with zero attached hydrogens (tertiary/aromatic N) is 1. The molecule has 1 atom stereocenters. The number of carbonyl (C=O) groups is 1. The van der Waals surface area contributed by atoms with Gasteiger partial charge in [0.15, 0.2) is 0 Å². The number of aryl methyl sites for hydroxylation is 2. The number of carboxylic acids is 1. The molecule has 0 aliphatic heterocycles. The molecule has 4 heteroatoms. The Bertz CT molecular complexity index is 477. The van der Waals surface area contributed by atoms with Crippen LogP contribution in [0.4, 0.5) is 5.69 Å². The van der Waals surface area contributed by atoms with E-state index in [0.717, 1.165) is 18.5 Å². The molecule has 1 fully saturated rings. The predicted octanol–water partition coefficient (Wildman–Crippen LogP) is 1.93. The van der Waals surface area contributed by atoms with Crippen LogP contribution in [-0.4, -0.2) is 30.2 Å². The maximum atomic E-state index is 11.5. The Labute approximate surface area is 114 Å². The summed E-state index contributed by atoms with van der Waals surface area (Å²) in [5, 5.41) is 9.40. The van der Waals surface area contributed by atoms with Crippen molar-refractivity contribution >= 4 is 11.7 Å². The Kier molecular flexibility index (Phi) is 3.54. The first kappa shape index (κ1) is 13.9. The number of rotatable bonds is 5. The van der Waals surface area contributed by atoms with E-state index >= 15 is 0 Å². The van der Waals surface area contributed by atoms with Crippen LogP contribution in [0.2, 0.25) is 0 Å². The van der Waals surface area contributed by atoms with Gasteiger partial charge in [0.25, 0.3) is 0 Å². The third-order valence-electron chi connectivity index (χ3n) is 3.85. The van der Waals surface area contributed by atoms with Crippen molar-refractivity contribution in [1.82, 2.24) is 0 Å². The van der Waals surface area contributed by atoms with Gasteiger partial charge in [-0.25, -0.2) is 0 Å². The molecule has 1 aromatic rings. The second kappa shape index (κ2) is 4.85. The Hall–Kier alpha value is -1.55. The first-order valence-corrected chi connectivity index (χ1v) is 6.64. The maximum absolute atomic E-state index is 11.5. The van der Waals surface area contributed by atoms with E-state index < -0.39 is 11.5 Å². The smallest absolute Gasteiger partial charge is 0.325 e. The average molecular weight is 262 g/mol. The van der Waals surface area contributed by atoms with Gasteiger partial charge in [-0.2, -0.15) is 0 Å². The summed E-state index contributed by atoms with van der Waals surface area (Å²) >= 11 is 0. The largest absolute Gasteiger partial charge is 0.480 e. The molecule has 0 heterocycles. The summed E-state index contributed by atoms with van der Waals surface area (Å²) in [6, 6.07) is 6.22. The highest BCUT2D eigenvalue weighted by Gasteiger charge is 2.48. The summed E-state index contributed by atoms with van der Waals surface area (Å²) in [7, 11) is 1.90. The summed E-state index contributed by atoms with van der Waals surface area (Å²) in [6.07, 6.45) is 1.84. The molecule has 1 saturated carbocycles. The lowest BCUT2D eigenvalue weighted by atomic mass is 9.93. The van der Waals surface area contributed by atoms with Crippen LogP contribution in [0.5, 0.6) is 0 Å². The Balaban J connectivity index is 2.19. The normalized spacial score (nSPS) is 17.9. The fourth-order valence-corrected chi connectivity index (χ4v) is 2.62. The van der Waals surface area contributed by atoms with Gasteiger partial charge in [-0.05, 0) is 55.9 Å². The van der Waals surface area contributed by atoms with E-state index in [2.05, 4.69) is 18.2 Å². The maximum Gasteiger partial charge on any atom is 0.325 e. The van der Waals surface area contributed by atoms with Crippen molar-refractivity contribution in [3.8, 4) is 0 Å². The molecule has 4 nitrogen and oxygen atoms in total. The Morgan fingerprint density at radius 3 is 2.32 bits per heavy atom. The summed E-state index contributed by atoms with van der Waals surface area (Å²) in [5.41, 5.74) is 8.35. The highest BCUT2D eigenvalue weighted by Crippen LogP contribution is 2.39. The summed E-state index contributed by atoms with van der Waals surface area (Å²) in [5.74, 6) is -0.787. The predicted molar refractivity (Wildman–Crippen MR) is 76.5 cm³/mol. The van der Waals surface area contributed by atoms with E-state index in [-0.39, 0.29) is 5.92 Å². The molecule has 2 rings (SSSR count). The van der Waals surface area contributed by atoms with Gasteiger partial charge in [-0.15, -0.1) is 0 Å². The van der Waals surface area contributed by atoms with Gasteiger partial charge in [0, 0.05) is 19.3 Å². The molecule has 0 amide bonds. The van der Waals surface area contributed by atoms with Crippen LogP contribution in [0.15, 0.2) is 18.2 Å². The highest BCUT2D eigenvalue weighted by molar-refractivity contribution is 5.80. The number of carboxylic acid groups (broad SMARTS) is 1. The van der Waals surface area contributed by atoms with Crippen molar-refractivity contribution in [2.24, 2.45) is 11.7 Å². The van der Waals surface area contributed by atoms with Gasteiger partial charge in [-0.1, -0.05) is 6.07 Å². The first-order chi connectivity index (χ1) is 8.83. The third kappa shape index (κ3) is 2.89. The van der Waals surface area contributed by atoms with Gasteiger partial charge >= 0.3 is 5.97 Å². The van der Waals surface area contributed by atoms with Crippen LogP contribution < -0.4 is 10.6 Å². The molecule has 0 saturated heterocycles. The minimum absolute atomic E-state index is 0.110. The van der Waals surface area contributed by atoms with Crippen LogP contribution in [0.1, 0.15) is 24.0 Å². The summed E-state index contributed by atoms with van der Waals surface area (Å²) < 4.78 is 0. The van der Waals surface area contributed by atoms with Gasteiger partial charge < -0.3 is 15.7 Å². The van der Waals surface area contributed by atoms with Crippen LogP contribution in [0.25, 0.3) is 0 Å². The fourth-order valence-electron chi connectivity index (χ4n) is 2.62. The zero-order valence-electron chi connectivity index (χ0n) is 11.8. The first-order valence-electron chi connectivity index (χ1n) is 6.64. The van der Waals surface area contributed by atoms with E-state index in [9.17, 15) is 9.90 Å². The molecule has 0 bridgehead atoms. The molecule has 0 aromatic heterocycles. The van der Waals surface area contributed by atoms with E-state index in [0.29, 0.717) is 6.54 Å². The zero-order chi connectivity index (χ0) is 14.2. The fraction of sp³-hybridized carbons (Fsp3) is 0.533. The lowest BCUT2D eigenvalue weighted by molar-refractivity contribution is -0.143. The minimum atomic E-state index is -1.13. The number of aliphatic carboxylic acids is 1. The van der Waals surface area contributed by atoms with Gasteiger partial charge in [0.2, 0.25) is 0 Å². The monoisotopic (exact) mass is 262 g/mol. The van der Waals surface area contributed by atoms with Crippen LogP contribution in [0.3, 0.4) is 0 Å². The Morgan fingerprint density at radius 2 is 1.89 bits per heavy atom. The molecule has 1 aromatic carbocycles. The lowest BCUT2D eigenvalue weighted by Crippen LogP contribution is -2.57. The SMILES string of the molecule is Cc1cc(C)cc(N(C)CC(N)(C(=O)O)C2CC2)c1. The number of likely N-dealkylation sites (N-methyl/N-ethyl adjacent to an activating group) is 1. The molecule has 104 valence electrons. The summed E-state index contributed by atoms with van der Waals surface area (Å²) in [4.78, 5) is 13.4. The molecule has 19 heavy (non-hydrogen) atoms. The van der Waals surface area contributed by atoms with Crippen LogP contribution >= 0.6 is 0 Å². The van der Waals surface area contributed by atoms with Crippen molar-refractivity contribution in [3.05, 3.63) is 29.3 Å². The highest BCUT2D eigenvalue weighted by atomic mass is 16.4. The third-order valence-corrected chi connectivity index (χ3v) is 3.85. The van der Waals surface area contributed by atoms with E-state index in [1.165, 1.54) is 11.1 Å². The second-order valence-electron chi connectivity index (χ2n) is 5.82. The van der Waals surface area contributed by atoms with E-state index in [4.69, 9.17) is 5.73 Å². The number of hydrogen-bond donors (Lipinski definition) is 2. The van der Waals surface area contributed by atoms with Crippen molar-refractivity contribution in [1.29, 1.82) is 0 Å². The molecular formula is C15H22N2O2. The van der Waals surface area contributed by atoms with Crippen molar-refractivity contribution < 1.29 is 9.90 Å². The molecule has 1 aliphatic rings. The van der Waals surface area contributed by atoms with Crippen molar-refractivity contribution in [3.63, 3.8) is 0 Å². The zero-order valence-corrected chi connectivity index (χ0v) is 11.8. The quantitative estimate of drug-likeness (QED) is 0.851. The van der Waals surface area contributed by atoms with Crippen molar-refractivity contribution in [2.45, 2.75) is 32.2 Å². The van der Waals surface area contributed by atoms with E-state index in [1.807, 2.05) is 25.8 Å². The number of benzene rings is 1. The van der Waals surface area contributed by atoms with Crippen molar-refractivity contribution in [2.75, 3.05) is 18.5 Å². The van der Waals surface area contributed by atoms with E-state index in [1.54, 1.807) is 0 Å². The van der Waals surface area contributed by atoms with Gasteiger partial charge in [-0.3, -0.25) is 4.79 Å².